The standard InChI is InChI=1S/C16H18N2O3S/c1-11-10-22-16(18-11)13-6-4-5-12(9-13)15(21)17-8-3-2-7-14(19)20/h4-6,9-10H,2-3,7-8H2,1H3,(H,17,21)(H,19,20). The summed E-state index contributed by atoms with van der Waals surface area (Å²) in [4.78, 5) is 26.9. The Morgan fingerprint density at radius 3 is 2.82 bits per heavy atom. The molecule has 0 atom stereocenters. The van der Waals surface area contributed by atoms with Gasteiger partial charge in [-0.2, -0.15) is 0 Å². The van der Waals surface area contributed by atoms with Crippen molar-refractivity contribution in [2.45, 2.75) is 26.2 Å². The molecule has 0 bridgehead atoms. The molecule has 0 aliphatic heterocycles. The van der Waals surface area contributed by atoms with E-state index in [0.29, 0.717) is 24.9 Å². The predicted molar refractivity (Wildman–Crippen MR) is 86.1 cm³/mol. The van der Waals surface area contributed by atoms with Crippen LogP contribution in [0.1, 0.15) is 35.3 Å². The summed E-state index contributed by atoms with van der Waals surface area (Å²) in [5, 5.41) is 14.2. The summed E-state index contributed by atoms with van der Waals surface area (Å²) in [5.41, 5.74) is 2.48. The van der Waals surface area contributed by atoms with Crippen LogP contribution in [0, 0.1) is 6.92 Å². The van der Waals surface area contributed by atoms with Gasteiger partial charge in [0.15, 0.2) is 0 Å². The fourth-order valence-electron chi connectivity index (χ4n) is 1.99. The highest BCUT2D eigenvalue weighted by Crippen LogP contribution is 2.24. The Morgan fingerprint density at radius 1 is 1.32 bits per heavy atom. The summed E-state index contributed by atoms with van der Waals surface area (Å²) in [6.07, 6.45) is 1.35. The molecule has 1 aromatic carbocycles. The molecule has 1 amide bonds. The summed E-state index contributed by atoms with van der Waals surface area (Å²) >= 11 is 1.55. The topological polar surface area (TPSA) is 79.3 Å². The van der Waals surface area contributed by atoms with Gasteiger partial charge in [-0.15, -0.1) is 11.3 Å². The largest absolute Gasteiger partial charge is 0.481 e. The van der Waals surface area contributed by atoms with Crippen LogP contribution in [0.15, 0.2) is 29.6 Å². The van der Waals surface area contributed by atoms with Gasteiger partial charge in [0.05, 0.1) is 0 Å². The van der Waals surface area contributed by atoms with E-state index in [2.05, 4.69) is 10.3 Å². The van der Waals surface area contributed by atoms with Gasteiger partial charge in [-0.05, 0) is 31.9 Å². The van der Waals surface area contributed by atoms with Crippen LogP contribution in [0.4, 0.5) is 0 Å². The van der Waals surface area contributed by atoms with Gasteiger partial charge in [-0.1, -0.05) is 12.1 Å². The maximum absolute atomic E-state index is 12.1. The molecule has 0 saturated heterocycles. The lowest BCUT2D eigenvalue weighted by Gasteiger charge is -2.06. The molecule has 6 heteroatoms. The third kappa shape index (κ3) is 4.66. The zero-order valence-electron chi connectivity index (χ0n) is 12.3. The van der Waals surface area contributed by atoms with Crippen LogP contribution < -0.4 is 5.32 Å². The van der Waals surface area contributed by atoms with Gasteiger partial charge >= 0.3 is 5.97 Å². The van der Waals surface area contributed by atoms with Gasteiger partial charge in [0.1, 0.15) is 5.01 Å². The normalized spacial score (nSPS) is 10.4. The molecule has 22 heavy (non-hydrogen) atoms. The predicted octanol–water partition coefficient (Wildman–Crippen LogP) is 3.10. The van der Waals surface area contributed by atoms with Crippen LogP contribution in [0.3, 0.4) is 0 Å². The Morgan fingerprint density at radius 2 is 2.14 bits per heavy atom. The Bertz CT molecular complexity index is 667. The van der Waals surface area contributed by atoms with Crippen LogP contribution in [-0.2, 0) is 4.79 Å². The highest BCUT2D eigenvalue weighted by molar-refractivity contribution is 7.13. The molecule has 0 unspecified atom stereocenters. The monoisotopic (exact) mass is 318 g/mol. The number of aliphatic carboxylic acids is 1. The van der Waals surface area contributed by atoms with Crippen molar-refractivity contribution in [3.8, 4) is 10.6 Å². The van der Waals surface area contributed by atoms with Crippen molar-refractivity contribution in [2.75, 3.05) is 6.54 Å². The van der Waals surface area contributed by atoms with Gasteiger partial charge in [0.2, 0.25) is 0 Å². The number of unbranched alkanes of at least 4 members (excludes halogenated alkanes) is 1. The Kier molecular flexibility index (Phi) is 5.66. The quantitative estimate of drug-likeness (QED) is 0.769. The number of carboxylic acids is 1. The lowest BCUT2D eigenvalue weighted by Crippen LogP contribution is -2.24. The highest BCUT2D eigenvalue weighted by atomic mass is 32.1. The van der Waals surface area contributed by atoms with Crippen molar-refractivity contribution in [3.05, 3.63) is 40.9 Å². The minimum absolute atomic E-state index is 0.134. The zero-order chi connectivity index (χ0) is 15.9. The fourth-order valence-corrected chi connectivity index (χ4v) is 2.78. The van der Waals surface area contributed by atoms with E-state index in [9.17, 15) is 9.59 Å². The molecular weight excluding hydrogens is 300 g/mol. The Hall–Kier alpha value is -2.21. The zero-order valence-corrected chi connectivity index (χ0v) is 13.2. The summed E-state index contributed by atoms with van der Waals surface area (Å²) in [6.45, 7) is 2.42. The van der Waals surface area contributed by atoms with Crippen molar-refractivity contribution in [1.82, 2.24) is 10.3 Å². The molecule has 0 aliphatic rings. The Balaban J connectivity index is 1.92. The molecule has 0 aliphatic carbocycles. The number of hydrogen-bond donors (Lipinski definition) is 2. The summed E-state index contributed by atoms with van der Waals surface area (Å²) < 4.78 is 0. The average molecular weight is 318 g/mol. The van der Waals surface area contributed by atoms with Crippen LogP contribution in [0.2, 0.25) is 0 Å². The van der Waals surface area contributed by atoms with Gasteiger partial charge in [0.25, 0.3) is 5.91 Å². The van der Waals surface area contributed by atoms with E-state index in [1.807, 2.05) is 30.5 Å². The number of carbonyl (C=O) groups excluding carboxylic acids is 1. The van der Waals surface area contributed by atoms with E-state index >= 15 is 0 Å². The molecule has 116 valence electrons. The summed E-state index contributed by atoms with van der Waals surface area (Å²) in [7, 11) is 0. The SMILES string of the molecule is Cc1csc(-c2cccc(C(=O)NCCCCC(=O)O)c2)n1. The minimum Gasteiger partial charge on any atom is -0.481 e. The molecule has 0 saturated carbocycles. The lowest BCUT2D eigenvalue weighted by atomic mass is 10.1. The second kappa shape index (κ2) is 7.70. The number of amides is 1. The maximum Gasteiger partial charge on any atom is 0.303 e. The summed E-state index contributed by atoms with van der Waals surface area (Å²) in [6, 6.07) is 7.36. The minimum atomic E-state index is -0.808. The van der Waals surface area contributed by atoms with E-state index in [0.717, 1.165) is 16.3 Å². The molecular formula is C16H18N2O3S. The number of aromatic nitrogens is 1. The van der Waals surface area contributed by atoms with E-state index in [1.165, 1.54) is 0 Å². The molecule has 1 aromatic heterocycles. The third-order valence-corrected chi connectivity index (χ3v) is 4.10. The first-order valence-corrected chi connectivity index (χ1v) is 7.97. The van der Waals surface area contributed by atoms with Crippen molar-refractivity contribution in [2.24, 2.45) is 0 Å². The van der Waals surface area contributed by atoms with Gasteiger partial charge < -0.3 is 10.4 Å². The number of rotatable bonds is 7. The third-order valence-electron chi connectivity index (χ3n) is 3.09. The molecule has 0 radical (unpaired) electrons. The first kappa shape index (κ1) is 16.2. The molecule has 5 nitrogen and oxygen atoms in total. The van der Waals surface area contributed by atoms with Crippen molar-refractivity contribution < 1.29 is 14.7 Å². The smallest absolute Gasteiger partial charge is 0.303 e. The second-order valence-electron chi connectivity index (χ2n) is 4.98. The molecule has 2 rings (SSSR count). The van der Waals surface area contributed by atoms with E-state index < -0.39 is 5.97 Å². The van der Waals surface area contributed by atoms with Crippen LogP contribution in [0.5, 0.6) is 0 Å². The van der Waals surface area contributed by atoms with E-state index in [-0.39, 0.29) is 12.3 Å². The molecule has 2 aromatic rings. The number of nitrogens with zero attached hydrogens (tertiary/aromatic N) is 1. The van der Waals surface area contributed by atoms with E-state index in [1.54, 1.807) is 17.4 Å². The number of aryl methyl sites for hydroxylation is 1. The second-order valence-corrected chi connectivity index (χ2v) is 5.84. The van der Waals surface area contributed by atoms with Crippen LogP contribution >= 0.6 is 11.3 Å². The number of carboxylic acid groups (broad SMARTS) is 1. The fraction of sp³-hybridized carbons (Fsp3) is 0.312. The van der Waals surface area contributed by atoms with Crippen molar-refractivity contribution >= 4 is 23.2 Å². The number of benzene rings is 1. The Labute approximate surface area is 133 Å². The molecule has 0 fully saturated rings. The summed E-state index contributed by atoms with van der Waals surface area (Å²) in [5.74, 6) is -0.955. The first-order valence-electron chi connectivity index (χ1n) is 7.09. The average Bonchev–Trinajstić information content (AvgIpc) is 2.93. The van der Waals surface area contributed by atoms with E-state index in [4.69, 9.17) is 5.11 Å². The molecule has 0 spiro atoms. The highest BCUT2D eigenvalue weighted by Gasteiger charge is 2.08. The first-order chi connectivity index (χ1) is 10.6. The van der Waals surface area contributed by atoms with Crippen LogP contribution in [-0.4, -0.2) is 28.5 Å². The van der Waals surface area contributed by atoms with Gasteiger partial charge in [-0.3, -0.25) is 9.59 Å². The number of hydrogen-bond acceptors (Lipinski definition) is 4. The number of nitrogens with one attached hydrogen (secondary N) is 1. The number of thiazole rings is 1. The van der Waals surface area contributed by atoms with Gasteiger partial charge in [-0.25, -0.2) is 4.98 Å². The van der Waals surface area contributed by atoms with Crippen LogP contribution in [0.25, 0.3) is 10.6 Å². The maximum atomic E-state index is 12.1. The molecule has 1 heterocycles. The van der Waals surface area contributed by atoms with Crippen molar-refractivity contribution in [3.63, 3.8) is 0 Å². The number of carbonyl (C=O) groups is 2. The van der Waals surface area contributed by atoms with Crippen molar-refractivity contribution in [1.29, 1.82) is 0 Å². The van der Waals surface area contributed by atoms with Gasteiger partial charge in [0, 0.05) is 35.2 Å². The lowest BCUT2D eigenvalue weighted by molar-refractivity contribution is -0.137. The molecule has 2 N–H and O–H groups in total.